The van der Waals surface area contributed by atoms with Gasteiger partial charge in [-0.05, 0) is 48.4 Å². The van der Waals surface area contributed by atoms with Crippen LogP contribution in [0, 0.1) is 0 Å². The van der Waals surface area contributed by atoms with Crippen molar-refractivity contribution in [2.45, 2.75) is 39.2 Å². The van der Waals surface area contributed by atoms with Crippen LogP contribution in [-0.4, -0.2) is 20.8 Å². The topological polar surface area (TPSA) is 21.7 Å². The molecule has 0 bridgehead atoms. The molecule has 0 amide bonds. The molecule has 3 heteroatoms. The van der Waals surface area contributed by atoms with Crippen molar-refractivity contribution in [2.24, 2.45) is 0 Å². The Hall–Kier alpha value is -2.16. The van der Waals surface area contributed by atoms with Gasteiger partial charge in [0.1, 0.15) is 11.5 Å². The van der Waals surface area contributed by atoms with Gasteiger partial charge in [-0.2, -0.15) is 0 Å². The molecule has 2 aromatic carbocycles. The summed E-state index contributed by atoms with van der Waals surface area (Å²) in [6.45, 7) is 4.22. The summed E-state index contributed by atoms with van der Waals surface area (Å²) in [6.07, 6.45) is 5.07. The summed E-state index contributed by atoms with van der Waals surface area (Å²) < 4.78 is 10.5. The van der Waals surface area contributed by atoms with E-state index in [1.54, 1.807) is 14.2 Å². The molecule has 0 aromatic heterocycles. The van der Waals surface area contributed by atoms with Crippen molar-refractivity contribution in [3.63, 3.8) is 0 Å². The van der Waals surface area contributed by atoms with Crippen molar-refractivity contribution in [3.05, 3.63) is 54.1 Å². The molecule has 0 radical (unpaired) electrons. The summed E-state index contributed by atoms with van der Waals surface area (Å²) in [6, 6.07) is 16.7. The van der Waals surface area contributed by atoms with E-state index in [0.29, 0.717) is 0 Å². The number of anilines is 1. The molecule has 0 spiro atoms. The smallest absolute Gasteiger partial charge is 0.119 e. The first-order valence-corrected chi connectivity index (χ1v) is 8.78. The van der Waals surface area contributed by atoms with Crippen LogP contribution in [0.4, 0.5) is 5.69 Å². The summed E-state index contributed by atoms with van der Waals surface area (Å²) in [5, 5.41) is 0. The average molecular weight is 327 g/mol. The zero-order valence-corrected chi connectivity index (χ0v) is 15.1. The van der Waals surface area contributed by atoms with Crippen molar-refractivity contribution in [2.75, 3.05) is 25.7 Å². The predicted octanol–water partition coefficient (Wildman–Crippen LogP) is 5.29. The Morgan fingerprint density at radius 1 is 0.750 bits per heavy atom. The predicted molar refractivity (Wildman–Crippen MR) is 101 cm³/mol. The Balaban J connectivity index is 2.07. The summed E-state index contributed by atoms with van der Waals surface area (Å²) in [5.41, 5.74) is 2.53. The molecule has 0 aliphatic heterocycles. The van der Waals surface area contributed by atoms with E-state index in [0.717, 1.165) is 24.6 Å². The van der Waals surface area contributed by atoms with Gasteiger partial charge in [0.2, 0.25) is 0 Å². The fourth-order valence-electron chi connectivity index (χ4n) is 2.77. The van der Waals surface area contributed by atoms with Gasteiger partial charge in [-0.15, -0.1) is 0 Å². The molecule has 0 saturated carbocycles. The highest BCUT2D eigenvalue weighted by molar-refractivity contribution is 5.49. The fraction of sp³-hybridized carbons (Fsp3) is 0.429. The molecule has 2 rings (SSSR count). The van der Waals surface area contributed by atoms with E-state index in [1.807, 2.05) is 24.3 Å². The number of hydrogen-bond acceptors (Lipinski definition) is 3. The van der Waals surface area contributed by atoms with Crippen molar-refractivity contribution < 1.29 is 9.47 Å². The van der Waals surface area contributed by atoms with Gasteiger partial charge in [0.15, 0.2) is 0 Å². The standard InChI is InChI=1S/C21H29NO2/c1-4-5-6-7-16-22(19-10-14-21(24-3)15-11-19)17-18-8-12-20(23-2)13-9-18/h8-15H,4-7,16-17H2,1-3H3. The third-order valence-electron chi connectivity index (χ3n) is 4.25. The van der Waals surface area contributed by atoms with Crippen LogP contribution in [0.15, 0.2) is 48.5 Å². The Morgan fingerprint density at radius 2 is 1.33 bits per heavy atom. The third-order valence-corrected chi connectivity index (χ3v) is 4.25. The molecule has 3 nitrogen and oxygen atoms in total. The van der Waals surface area contributed by atoms with E-state index in [-0.39, 0.29) is 0 Å². The van der Waals surface area contributed by atoms with Crippen LogP contribution in [0.5, 0.6) is 11.5 Å². The first kappa shape index (κ1) is 18.2. The quantitative estimate of drug-likeness (QED) is 0.553. The van der Waals surface area contributed by atoms with E-state index < -0.39 is 0 Å². The Morgan fingerprint density at radius 3 is 1.88 bits per heavy atom. The third kappa shape index (κ3) is 5.48. The van der Waals surface area contributed by atoms with Gasteiger partial charge in [-0.1, -0.05) is 38.3 Å². The number of unbranched alkanes of at least 4 members (excludes halogenated alkanes) is 3. The molecular weight excluding hydrogens is 298 g/mol. The van der Waals surface area contributed by atoms with Gasteiger partial charge < -0.3 is 14.4 Å². The SMILES string of the molecule is CCCCCCN(Cc1ccc(OC)cc1)c1ccc(OC)cc1. The van der Waals surface area contributed by atoms with Crippen LogP contribution in [0.3, 0.4) is 0 Å². The van der Waals surface area contributed by atoms with Crippen LogP contribution >= 0.6 is 0 Å². The molecule has 130 valence electrons. The molecule has 0 atom stereocenters. The van der Waals surface area contributed by atoms with Gasteiger partial charge in [-0.25, -0.2) is 0 Å². The zero-order chi connectivity index (χ0) is 17.2. The Kier molecular flexibility index (Phi) is 7.47. The van der Waals surface area contributed by atoms with Crippen LogP contribution in [-0.2, 0) is 6.54 Å². The molecule has 0 saturated heterocycles. The lowest BCUT2D eigenvalue weighted by Crippen LogP contribution is -2.23. The molecule has 24 heavy (non-hydrogen) atoms. The van der Waals surface area contributed by atoms with Gasteiger partial charge in [-0.3, -0.25) is 0 Å². The number of benzene rings is 2. The first-order valence-electron chi connectivity index (χ1n) is 8.78. The maximum Gasteiger partial charge on any atom is 0.119 e. The van der Waals surface area contributed by atoms with E-state index in [9.17, 15) is 0 Å². The lowest BCUT2D eigenvalue weighted by atomic mass is 10.1. The van der Waals surface area contributed by atoms with Crippen LogP contribution in [0.25, 0.3) is 0 Å². The second-order valence-electron chi connectivity index (χ2n) is 6.03. The molecule has 0 fully saturated rings. The van der Waals surface area contributed by atoms with Crippen LogP contribution < -0.4 is 14.4 Å². The fourth-order valence-corrected chi connectivity index (χ4v) is 2.77. The van der Waals surface area contributed by atoms with E-state index >= 15 is 0 Å². The van der Waals surface area contributed by atoms with Gasteiger partial charge in [0, 0.05) is 18.8 Å². The Bertz CT molecular complexity index is 578. The number of methoxy groups -OCH3 is 2. The maximum atomic E-state index is 5.27. The summed E-state index contributed by atoms with van der Waals surface area (Å²) >= 11 is 0. The van der Waals surface area contributed by atoms with Crippen molar-refractivity contribution in [1.82, 2.24) is 0 Å². The minimum absolute atomic E-state index is 0.897. The average Bonchev–Trinajstić information content (AvgIpc) is 2.65. The highest BCUT2D eigenvalue weighted by Gasteiger charge is 2.08. The van der Waals surface area contributed by atoms with E-state index in [2.05, 4.69) is 36.1 Å². The molecule has 0 aliphatic rings. The maximum absolute atomic E-state index is 5.27. The second-order valence-corrected chi connectivity index (χ2v) is 6.03. The van der Waals surface area contributed by atoms with Gasteiger partial charge in [0.25, 0.3) is 0 Å². The number of nitrogens with zero attached hydrogens (tertiary/aromatic N) is 1. The van der Waals surface area contributed by atoms with Gasteiger partial charge in [0.05, 0.1) is 14.2 Å². The van der Waals surface area contributed by atoms with Crippen molar-refractivity contribution >= 4 is 5.69 Å². The van der Waals surface area contributed by atoms with Crippen molar-refractivity contribution in [3.8, 4) is 11.5 Å². The number of rotatable bonds is 10. The molecule has 2 aromatic rings. The lowest BCUT2D eigenvalue weighted by Gasteiger charge is -2.25. The highest BCUT2D eigenvalue weighted by Crippen LogP contribution is 2.22. The first-order chi connectivity index (χ1) is 11.8. The number of ether oxygens (including phenoxy) is 2. The summed E-state index contributed by atoms with van der Waals surface area (Å²) in [5.74, 6) is 1.80. The normalized spacial score (nSPS) is 10.5. The Labute approximate surface area is 146 Å². The van der Waals surface area contributed by atoms with E-state index in [1.165, 1.54) is 36.9 Å². The number of hydrogen-bond donors (Lipinski definition) is 0. The molecule has 0 N–H and O–H groups in total. The van der Waals surface area contributed by atoms with E-state index in [4.69, 9.17) is 9.47 Å². The highest BCUT2D eigenvalue weighted by atomic mass is 16.5. The zero-order valence-electron chi connectivity index (χ0n) is 15.1. The minimum atomic E-state index is 0.897. The lowest BCUT2D eigenvalue weighted by molar-refractivity contribution is 0.414. The molecule has 0 aliphatic carbocycles. The second kappa shape index (κ2) is 9.86. The summed E-state index contributed by atoms with van der Waals surface area (Å²) in [7, 11) is 3.40. The molecule has 0 heterocycles. The van der Waals surface area contributed by atoms with Gasteiger partial charge >= 0.3 is 0 Å². The summed E-state index contributed by atoms with van der Waals surface area (Å²) in [4.78, 5) is 2.44. The largest absolute Gasteiger partial charge is 0.497 e. The monoisotopic (exact) mass is 327 g/mol. The minimum Gasteiger partial charge on any atom is -0.497 e. The molecular formula is C21H29NO2. The molecule has 0 unspecified atom stereocenters. The van der Waals surface area contributed by atoms with Crippen LogP contribution in [0.2, 0.25) is 0 Å². The van der Waals surface area contributed by atoms with Crippen molar-refractivity contribution in [1.29, 1.82) is 0 Å². The van der Waals surface area contributed by atoms with Crippen LogP contribution in [0.1, 0.15) is 38.2 Å².